The molecule has 0 saturated carbocycles. The van der Waals surface area contributed by atoms with E-state index in [0.717, 1.165) is 27.8 Å². The van der Waals surface area contributed by atoms with Gasteiger partial charge in [-0.05, 0) is 34.4 Å². The van der Waals surface area contributed by atoms with E-state index in [-0.39, 0.29) is 29.7 Å². The highest BCUT2D eigenvalue weighted by atomic mass is 28.3. The summed E-state index contributed by atoms with van der Waals surface area (Å²) in [5, 5.41) is 2.73. The second kappa shape index (κ2) is 11.9. The molecule has 5 heteroatoms. The smallest absolute Gasteiger partial charge is 0.164 e. The van der Waals surface area contributed by atoms with Gasteiger partial charge in [0.05, 0.1) is 23.0 Å². The lowest BCUT2D eigenvalue weighted by molar-refractivity contribution is 1.07. The second-order valence-corrected chi connectivity index (χ2v) is 23.3. The number of hydrogen-bond acceptors (Lipinski definition) is 3. The Kier molecular flexibility index (Phi) is 6.48. The summed E-state index contributed by atoms with van der Waals surface area (Å²) in [6.07, 6.45) is 0. The molecule has 1 aromatic heterocycles. The standard InChI is InChI=1S/C39H39N3Si2/c1-43(2,3)35-22-18-29(19-23-35)37-40-38(30-20-24-36(25-21-30)44(4,5)6)42-39(41-37)34-17-11-16-33(27-34)32-15-10-14-31(26-32)28-12-8-7-9-13-28/h7-27H,1-6H3/i7D,8D,9D,12D,13D. The molecule has 0 N–H and O–H groups in total. The largest absolute Gasteiger partial charge is 0.208 e. The molecule has 3 nitrogen and oxygen atoms in total. The molecule has 0 radical (unpaired) electrons. The molecule has 0 amide bonds. The minimum absolute atomic E-state index is 0.177. The van der Waals surface area contributed by atoms with Crippen molar-refractivity contribution in [2.45, 2.75) is 39.3 Å². The summed E-state index contributed by atoms with van der Waals surface area (Å²) >= 11 is 0. The highest BCUT2D eigenvalue weighted by molar-refractivity contribution is 6.89. The summed E-state index contributed by atoms with van der Waals surface area (Å²) in [5.74, 6) is 1.75. The van der Waals surface area contributed by atoms with Crippen molar-refractivity contribution < 1.29 is 6.85 Å². The first-order chi connectivity index (χ1) is 23.1. The molecule has 0 fully saturated rings. The SMILES string of the molecule is [2H]c1c([2H])c([2H])c(-c2cccc(-c3cccc(-c4nc(-c5ccc([Si](C)(C)C)cc5)nc(-c5ccc([Si](C)(C)C)cc5)n4)c3)c2)c([2H])c1[2H]. The van der Waals surface area contributed by atoms with E-state index in [1.807, 2.05) is 42.5 Å². The molecule has 0 aliphatic carbocycles. The molecule has 6 aromatic rings. The highest BCUT2D eigenvalue weighted by Crippen LogP contribution is 2.30. The molecule has 0 aliphatic rings. The average Bonchev–Trinajstić information content (AvgIpc) is 3.09. The Balaban J connectivity index is 1.46. The van der Waals surface area contributed by atoms with Crippen LogP contribution in [0.4, 0.5) is 0 Å². The first kappa shape index (κ1) is 23.9. The Labute approximate surface area is 270 Å². The monoisotopic (exact) mass is 610 g/mol. The minimum Gasteiger partial charge on any atom is -0.208 e. The minimum atomic E-state index is -1.48. The second-order valence-electron chi connectivity index (χ2n) is 13.1. The van der Waals surface area contributed by atoms with Crippen molar-refractivity contribution in [1.82, 2.24) is 15.0 Å². The molecule has 6 rings (SSSR count). The van der Waals surface area contributed by atoms with Gasteiger partial charge in [-0.15, -0.1) is 0 Å². The van der Waals surface area contributed by atoms with Crippen LogP contribution in [0.2, 0.25) is 39.3 Å². The van der Waals surface area contributed by atoms with Crippen LogP contribution in [0.3, 0.4) is 0 Å². The molecule has 0 atom stereocenters. The zero-order valence-corrected chi connectivity index (χ0v) is 28.1. The quantitative estimate of drug-likeness (QED) is 0.169. The van der Waals surface area contributed by atoms with E-state index in [2.05, 4.69) is 87.8 Å². The van der Waals surface area contributed by atoms with Gasteiger partial charge in [0, 0.05) is 16.7 Å². The Bertz CT molecular complexity index is 2090. The molecule has 44 heavy (non-hydrogen) atoms. The van der Waals surface area contributed by atoms with E-state index in [0.29, 0.717) is 23.0 Å². The topological polar surface area (TPSA) is 38.7 Å². The van der Waals surface area contributed by atoms with E-state index < -0.39 is 22.2 Å². The van der Waals surface area contributed by atoms with Crippen LogP contribution in [0, 0.1) is 0 Å². The van der Waals surface area contributed by atoms with Crippen molar-refractivity contribution in [3.8, 4) is 56.4 Å². The third-order valence-corrected chi connectivity index (χ3v) is 11.9. The van der Waals surface area contributed by atoms with Crippen molar-refractivity contribution in [3.63, 3.8) is 0 Å². The Hall–Kier alpha value is -4.46. The van der Waals surface area contributed by atoms with Crippen molar-refractivity contribution in [2.75, 3.05) is 0 Å². The van der Waals surface area contributed by atoms with Gasteiger partial charge in [0.25, 0.3) is 0 Å². The van der Waals surface area contributed by atoms with Gasteiger partial charge in [0.2, 0.25) is 0 Å². The Morgan fingerprint density at radius 1 is 0.409 bits per heavy atom. The van der Waals surface area contributed by atoms with E-state index >= 15 is 0 Å². The summed E-state index contributed by atoms with van der Waals surface area (Å²) in [6.45, 7) is 14.0. The lowest BCUT2D eigenvalue weighted by atomic mass is 9.98. The average molecular weight is 611 g/mol. The fraction of sp³-hybridized carbons (Fsp3) is 0.154. The molecule has 0 saturated heterocycles. The molecular weight excluding hydrogens is 567 g/mol. The highest BCUT2D eigenvalue weighted by Gasteiger charge is 2.19. The van der Waals surface area contributed by atoms with Gasteiger partial charge < -0.3 is 0 Å². The molecule has 0 spiro atoms. The fourth-order valence-electron chi connectivity index (χ4n) is 5.09. The van der Waals surface area contributed by atoms with Crippen LogP contribution >= 0.6 is 0 Å². The van der Waals surface area contributed by atoms with Crippen LogP contribution in [0.25, 0.3) is 56.4 Å². The maximum Gasteiger partial charge on any atom is 0.164 e. The summed E-state index contributed by atoms with van der Waals surface area (Å²) in [5.41, 5.74) is 5.11. The third kappa shape index (κ3) is 6.54. The Morgan fingerprint density at radius 3 is 1.20 bits per heavy atom. The Morgan fingerprint density at radius 2 is 0.773 bits per heavy atom. The summed E-state index contributed by atoms with van der Waals surface area (Å²) in [6, 6.07) is 31.0. The number of benzene rings is 5. The van der Waals surface area contributed by atoms with Gasteiger partial charge in [-0.1, -0.05) is 165 Å². The predicted octanol–water partition coefficient (Wildman–Crippen LogP) is 9.30. The first-order valence-electron chi connectivity index (χ1n) is 17.4. The van der Waals surface area contributed by atoms with Gasteiger partial charge in [-0.3, -0.25) is 0 Å². The van der Waals surface area contributed by atoms with Gasteiger partial charge in [0.15, 0.2) is 17.5 Å². The van der Waals surface area contributed by atoms with E-state index in [9.17, 15) is 0 Å². The van der Waals surface area contributed by atoms with Gasteiger partial charge in [-0.2, -0.15) is 0 Å². The van der Waals surface area contributed by atoms with E-state index in [1.165, 1.54) is 10.4 Å². The molecule has 218 valence electrons. The zero-order chi connectivity index (χ0) is 35.2. The van der Waals surface area contributed by atoms with Crippen LogP contribution in [0.1, 0.15) is 6.85 Å². The molecule has 0 unspecified atom stereocenters. The van der Waals surface area contributed by atoms with Gasteiger partial charge in [-0.25, -0.2) is 15.0 Å². The fourth-order valence-corrected chi connectivity index (χ4v) is 7.42. The number of nitrogens with zero attached hydrogens (tertiary/aromatic N) is 3. The van der Waals surface area contributed by atoms with Crippen LogP contribution in [0.5, 0.6) is 0 Å². The first-order valence-corrected chi connectivity index (χ1v) is 21.9. The molecule has 1 heterocycles. The van der Waals surface area contributed by atoms with Gasteiger partial charge >= 0.3 is 0 Å². The van der Waals surface area contributed by atoms with E-state index in [4.69, 9.17) is 21.8 Å². The van der Waals surface area contributed by atoms with Crippen LogP contribution in [-0.4, -0.2) is 31.1 Å². The maximum atomic E-state index is 8.47. The van der Waals surface area contributed by atoms with Gasteiger partial charge in [0.1, 0.15) is 0 Å². The van der Waals surface area contributed by atoms with Crippen LogP contribution in [-0.2, 0) is 0 Å². The van der Waals surface area contributed by atoms with E-state index in [1.54, 1.807) is 6.07 Å². The van der Waals surface area contributed by atoms with Crippen molar-refractivity contribution in [3.05, 3.63) is 127 Å². The van der Waals surface area contributed by atoms with Crippen molar-refractivity contribution in [1.29, 1.82) is 0 Å². The maximum absolute atomic E-state index is 8.47. The van der Waals surface area contributed by atoms with Crippen molar-refractivity contribution >= 4 is 26.5 Å². The van der Waals surface area contributed by atoms with Crippen LogP contribution in [0.15, 0.2) is 127 Å². The summed E-state index contributed by atoms with van der Waals surface area (Å²) in [4.78, 5) is 14.9. The molecular formula is C39H39N3Si2. The lowest BCUT2D eigenvalue weighted by Gasteiger charge is -2.17. The third-order valence-electron chi connectivity index (χ3n) is 7.76. The molecule has 0 bridgehead atoms. The molecule has 0 aliphatic heterocycles. The predicted molar refractivity (Wildman–Crippen MR) is 193 cm³/mol. The number of rotatable bonds is 7. The van der Waals surface area contributed by atoms with Crippen molar-refractivity contribution in [2.24, 2.45) is 0 Å². The number of aromatic nitrogens is 3. The normalized spacial score (nSPS) is 13.5. The molecule has 5 aromatic carbocycles. The van der Waals surface area contributed by atoms with Crippen LogP contribution < -0.4 is 10.4 Å². The number of hydrogen-bond donors (Lipinski definition) is 0. The zero-order valence-electron chi connectivity index (χ0n) is 31.1. The lowest BCUT2D eigenvalue weighted by Crippen LogP contribution is -2.37. The summed E-state index contributed by atoms with van der Waals surface area (Å²) in [7, 11) is -2.96. The summed E-state index contributed by atoms with van der Waals surface area (Å²) < 4.78 is 41.2.